The van der Waals surface area contributed by atoms with Gasteiger partial charge in [0.25, 0.3) is 0 Å². The summed E-state index contributed by atoms with van der Waals surface area (Å²) in [6, 6.07) is 3.37. The van der Waals surface area contributed by atoms with Crippen LogP contribution in [0.1, 0.15) is 38.8 Å². The van der Waals surface area contributed by atoms with Crippen LogP contribution in [0.15, 0.2) is 12.1 Å². The highest BCUT2D eigenvalue weighted by atomic mass is 35.5. The lowest BCUT2D eigenvalue weighted by atomic mass is 10.1. The van der Waals surface area contributed by atoms with E-state index in [1.54, 1.807) is 19.1 Å². The lowest BCUT2D eigenvalue weighted by Gasteiger charge is -2.01. The summed E-state index contributed by atoms with van der Waals surface area (Å²) < 4.78 is 12.9. The molecule has 14 heavy (non-hydrogen) atoms. The van der Waals surface area contributed by atoms with Crippen molar-refractivity contribution in [3.63, 3.8) is 0 Å². The van der Waals surface area contributed by atoms with E-state index in [1.807, 2.05) is 34.6 Å². The zero-order valence-corrected chi connectivity index (χ0v) is 10.7. The van der Waals surface area contributed by atoms with Gasteiger partial charge in [-0.2, -0.15) is 0 Å². The van der Waals surface area contributed by atoms with Gasteiger partial charge in [-0.1, -0.05) is 45.4 Å². The van der Waals surface area contributed by atoms with E-state index in [0.29, 0.717) is 5.56 Å². The molecule has 0 aliphatic heterocycles. The van der Waals surface area contributed by atoms with E-state index in [2.05, 4.69) is 0 Å². The Bertz CT molecular complexity index is 230. The zero-order chi connectivity index (χ0) is 11.7. The van der Waals surface area contributed by atoms with Gasteiger partial charge in [0, 0.05) is 0 Å². The predicted octanol–water partition coefficient (Wildman–Crippen LogP) is 5.15. The molecule has 0 unspecified atom stereocenters. The van der Waals surface area contributed by atoms with E-state index >= 15 is 0 Å². The molecule has 0 aromatic heterocycles. The molecule has 1 rings (SSSR count). The molecule has 82 valence electrons. The van der Waals surface area contributed by atoms with Crippen molar-refractivity contribution >= 4 is 11.6 Å². The first-order valence-electron chi connectivity index (χ1n) is 5.04. The summed E-state index contributed by atoms with van der Waals surface area (Å²) in [4.78, 5) is 0. The Morgan fingerprint density at radius 3 is 1.79 bits per heavy atom. The number of rotatable bonds is 0. The van der Waals surface area contributed by atoms with Crippen molar-refractivity contribution < 1.29 is 4.39 Å². The van der Waals surface area contributed by atoms with Gasteiger partial charge in [-0.25, -0.2) is 4.39 Å². The van der Waals surface area contributed by atoms with Crippen LogP contribution in [0.2, 0.25) is 5.02 Å². The molecular weight excluding hydrogens is 199 g/mol. The van der Waals surface area contributed by atoms with Gasteiger partial charge in [-0.15, -0.1) is 0 Å². The average molecular weight is 219 g/mol. The van der Waals surface area contributed by atoms with Gasteiger partial charge in [-0.3, -0.25) is 0 Å². The van der Waals surface area contributed by atoms with Crippen LogP contribution in [-0.4, -0.2) is 0 Å². The highest BCUT2D eigenvalue weighted by Gasteiger charge is 2.03. The van der Waals surface area contributed by atoms with Gasteiger partial charge in [0.05, 0.1) is 5.02 Å². The van der Waals surface area contributed by atoms with Crippen LogP contribution in [0.25, 0.3) is 0 Å². The Kier molecular flexibility index (Phi) is 10.2. The van der Waals surface area contributed by atoms with Crippen molar-refractivity contribution in [2.45, 2.75) is 41.5 Å². The maximum atomic E-state index is 12.9. The lowest BCUT2D eigenvalue weighted by Crippen LogP contribution is -1.86. The molecule has 0 bridgehead atoms. The summed E-state index contributed by atoms with van der Waals surface area (Å²) in [6.45, 7) is 11.6. The van der Waals surface area contributed by atoms with Gasteiger partial charge in [-0.05, 0) is 31.0 Å². The third-order valence-electron chi connectivity index (χ3n) is 1.61. The lowest BCUT2D eigenvalue weighted by molar-refractivity contribution is 0.617. The van der Waals surface area contributed by atoms with Crippen molar-refractivity contribution in [3.05, 3.63) is 34.1 Å². The summed E-state index contributed by atoms with van der Waals surface area (Å²) in [7, 11) is 0. The maximum absolute atomic E-state index is 12.9. The fourth-order valence-corrected chi connectivity index (χ4v) is 0.953. The molecule has 0 radical (unpaired) electrons. The van der Waals surface area contributed by atoms with Gasteiger partial charge in [0.1, 0.15) is 5.82 Å². The quantitative estimate of drug-likeness (QED) is 0.565. The van der Waals surface area contributed by atoms with E-state index in [1.165, 1.54) is 0 Å². The minimum atomic E-state index is -0.304. The minimum Gasteiger partial charge on any atom is -0.205 e. The number of benzene rings is 1. The molecule has 1 aromatic rings. The minimum absolute atomic E-state index is 0.197. The van der Waals surface area contributed by atoms with Crippen LogP contribution < -0.4 is 0 Å². The summed E-state index contributed by atoms with van der Waals surface area (Å²) in [5.41, 5.74) is 1.56. The first kappa shape index (κ1) is 15.9. The normalized spacial score (nSPS) is 8.00. The van der Waals surface area contributed by atoms with Crippen molar-refractivity contribution in [2.24, 2.45) is 0 Å². The summed E-state index contributed by atoms with van der Waals surface area (Å²) in [5, 5.41) is 0.197. The van der Waals surface area contributed by atoms with E-state index in [-0.39, 0.29) is 10.8 Å². The van der Waals surface area contributed by atoms with Crippen LogP contribution in [0.4, 0.5) is 4.39 Å². The SMILES string of the molecule is CC.CC.Cc1ccc(Cl)c(F)c1C. The third kappa shape index (κ3) is 4.61. The molecule has 0 N–H and O–H groups in total. The second-order valence-corrected chi connectivity index (χ2v) is 2.71. The van der Waals surface area contributed by atoms with Crippen LogP contribution >= 0.6 is 11.6 Å². The summed E-state index contributed by atoms with van der Waals surface area (Å²) in [6.07, 6.45) is 0. The van der Waals surface area contributed by atoms with E-state index < -0.39 is 0 Å². The number of hydrogen-bond donors (Lipinski definition) is 0. The van der Waals surface area contributed by atoms with E-state index in [4.69, 9.17) is 11.6 Å². The Labute approximate surface area is 92.1 Å². The summed E-state index contributed by atoms with van der Waals surface area (Å²) in [5.74, 6) is -0.304. The Morgan fingerprint density at radius 1 is 1.00 bits per heavy atom. The first-order chi connectivity index (χ1) is 6.63. The number of hydrogen-bond acceptors (Lipinski definition) is 0. The number of halogens is 2. The standard InChI is InChI=1S/C8H8ClF.2C2H6/c1-5-3-4-7(9)8(10)6(5)2;2*1-2/h3-4H,1-2H3;2*1-2H3. The average Bonchev–Trinajstić information content (AvgIpc) is 2.26. The molecule has 0 saturated heterocycles. The smallest absolute Gasteiger partial charge is 0.144 e. The predicted molar refractivity (Wildman–Crippen MR) is 63.6 cm³/mol. The molecule has 0 fully saturated rings. The molecule has 0 atom stereocenters. The topological polar surface area (TPSA) is 0 Å². The first-order valence-corrected chi connectivity index (χ1v) is 5.42. The van der Waals surface area contributed by atoms with Gasteiger partial charge < -0.3 is 0 Å². The van der Waals surface area contributed by atoms with Crippen LogP contribution in [0.5, 0.6) is 0 Å². The largest absolute Gasteiger partial charge is 0.205 e. The van der Waals surface area contributed by atoms with E-state index in [9.17, 15) is 4.39 Å². The second-order valence-electron chi connectivity index (χ2n) is 2.30. The molecular formula is C12H20ClF. The third-order valence-corrected chi connectivity index (χ3v) is 1.90. The molecule has 0 amide bonds. The highest BCUT2D eigenvalue weighted by molar-refractivity contribution is 6.30. The summed E-state index contributed by atoms with van der Waals surface area (Å²) >= 11 is 5.51. The van der Waals surface area contributed by atoms with Crippen LogP contribution in [0.3, 0.4) is 0 Å². The van der Waals surface area contributed by atoms with Crippen molar-refractivity contribution in [1.82, 2.24) is 0 Å². The Hall–Kier alpha value is -0.560. The highest BCUT2D eigenvalue weighted by Crippen LogP contribution is 2.19. The van der Waals surface area contributed by atoms with Gasteiger partial charge in [0.15, 0.2) is 0 Å². The fraction of sp³-hybridized carbons (Fsp3) is 0.500. The van der Waals surface area contributed by atoms with Crippen LogP contribution in [0, 0.1) is 19.7 Å². The molecule has 0 aliphatic carbocycles. The molecule has 0 spiro atoms. The Balaban J connectivity index is 0. The molecule has 1 aromatic carbocycles. The number of aryl methyl sites for hydroxylation is 1. The van der Waals surface area contributed by atoms with Crippen molar-refractivity contribution in [1.29, 1.82) is 0 Å². The maximum Gasteiger partial charge on any atom is 0.144 e. The fourth-order valence-electron chi connectivity index (χ4n) is 0.749. The molecule has 2 heteroatoms. The van der Waals surface area contributed by atoms with Gasteiger partial charge >= 0.3 is 0 Å². The van der Waals surface area contributed by atoms with Gasteiger partial charge in [0.2, 0.25) is 0 Å². The van der Waals surface area contributed by atoms with Crippen LogP contribution in [-0.2, 0) is 0 Å². The molecule has 0 aliphatic rings. The molecule has 0 saturated carbocycles. The molecule has 0 heterocycles. The van der Waals surface area contributed by atoms with Crippen molar-refractivity contribution in [3.8, 4) is 0 Å². The molecule has 0 nitrogen and oxygen atoms in total. The van der Waals surface area contributed by atoms with Crippen molar-refractivity contribution in [2.75, 3.05) is 0 Å². The Morgan fingerprint density at radius 2 is 1.43 bits per heavy atom. The monoisotopic (exact) mass is 218 g/mol. The zero-order valence-electron chi connectivity index (χ0n) is 9.91. The van der Waals surface area contributed by atoms with E-state index in [0.717, 1.165) is 5.56 Å². The second kappa shape index (κ2) is 9.01.